The summed E-state index contributed by atoms with van der Waals surface area (Å²) in [5.74, 6) is -3.23. The van der Waals surface area contributed by atoms with E-state index < -0.39 is 67.3 Å². The third kappa shape index (κ3) is 41.8. The van der Waals surface area contributed by atoms with Gasteiger partial charge in [-0.15, -0.1) is 0 Å². The molecule has 1 heterocycles. The highest BCUT2D eigenvalue weighted by Crippen LogP contribution is 2.26. The number of carboxylic acids is 1. The largest absolute Gasteiger partial charge is 0.479 e. The molecule has 0 aromatic rings. The Morgan fingerprint density at radius 1 is 0.442 bits per heavy atom. The Balaban J connectivity index is 2.72. The number of carboxylic acid groups (broad SMARTS) is 1. The normalized spacial score (nSPS) is 18.9. The van der Waals surface area contributed by atoms with Crippen molar-refractivity contribution in [2.24, 2.45) is 0 Å². The molecular weight excluding hydrogens is 973 g/mol. The van der Waals surface area contributed by atoms with Crippen LogP contribution in [0.1, 0.15) is 213 Å². The number of allylic oxidation sites excluding steroid dienone is 20. The second-order valence-corrected chi connectivity index (χ2v) is 19.5. The molecule has 0 bridgehead atoms. The molecule has 1 fully saturated rings. The fraction of sp³-hybridized carbons (Fsp3) is 0.631. The van der Waals surface area contributed by atoms with Crippen LogP contribution in [-0.2, 0) is 42.9 Å². The monoisotopic (exact) mass is 1070 g/mol. The van der Waals surface area contributed by atoms with Gasteiger partial charge in [0.1, 0.15) is 18.8 Å². The molecule has 1 rings (SSSR count). The highest BCUT2D eigenvalue weighted by molar-refractivity contribution is 5.74. The van der Waals surface area contributed by atoms with Crippen molar-refractivity contribution in [2.75, 3.05) is 13.2 Å². The van der Waals surface area contributed by atoms with Crippen LogP contribution in [0.15, 0.2) is 122 Å². The number of esters is 3. The molecule has 0 spiro atoms. The number of ether oxygens (including phenoxy) is 5. The summed E-state index contributed by atoms with van der Waals surface area (Å²) in [5.41, 5.74) is 0. The predicted octanol–water partition coefficient (Wildman–Crippen LogP) is 15.2. The lowest BCUT2D eigenvalue weighted by Gasteiger charge is -2.40. The molecule has 6 atom stereocenters. The zero-order valence-corrected chi connectivity index (χ0v) is 47.7. The summed E-state index contributed by atoms with van der Waals surface area (Å²) >= 11 is 0. The van der Waals surface area contributed by atoms with Crippen molar-refractivity contribution in [3.8, 4) is 0 Å². The van der Waals surface area contributed by atoms with Gasteiger partial charge in [0.25, 0.3) is 0 Å². The summed E-state index contributed by atoms with van der Waals surface area (Å²) in [6.45, 7) is 5.63. The van der Waals surface area contributed by atoms with Crippen molar-refractivity contribution < 1.29 is 58.2 Å². The van der Waals surface area contributed by atoms with Crippen molar-refractivity contribution in [2.45, 2.75) is 250 Å². The molecule has 434 valence electrons. The number of carbonyl (C=O) groups excluding carboxylic acids is 3. The van der Waals surface area contributed by atoms with Crippen LogP contribution in [0.3, 0.4) is 0 Å². The maximum atomic E-state index is 13.1. The third-order valence-corrected chi connectivity index (χ3v) is 12.5. The number of aliphatic hydroxyl groups excluding tert-OH is 2. The number of hydrogen-bond donors (Lipinski definition) is 3. The maximum Gasteiger partial charge on any atom is 0.335 e. The molecule has 0 aliphatic carbocycles. The van der Waals surface area contributed by atoms with E-state index in [4.69, 9.17) is 23.7 Å². The molecule has 0 saturated carbocycles. The van der Waals surface area contributed by atoms with Crippen LogP contribution in [0.25, 0.3) is 0 Å². The van der Waals surface area contributed by atoms with Gasteiger partial charge in [-0.25, -0.2) is 4.79 Å². The first-order chi connectivity index (χ1) is 37.6. The zero-order chi connectivity index (χ0) is 56.1. The number of aliphatic carboxylic acids is 1. The average Bonchev–Trinajstić information content (AvgIpc) is 3.42. The van der Waals surface area contributed by atoms with Crippen molar-refractivity contribution in [1.82, 2.24) is 0 Å². The minimum Gasteiger partial charge on any atom is -0.479 e. The van der Waals surface area contributed by atoms with Gasteiger partial charge in [-0.3, -0.25) is 14.4 Å². The first kappa shape index (κ1) is 70.1. The highest BCUT2D eigenvalue weighted by atomic mass is 16.7. The van der Waals surface area contributed by atoms with E-state index in [0.29, 0.717) is 19.3 Å². The van der Waals surface area contributed by atoms with Gasteiger partial charge in [0.15, 0.2) is 24.6 Å². The minimum atomic E-state index is -1.92. The molecule has 0 aromatic heterocycles. The number of carbonyl (C=O) groups is 4. The van der Waals surface area contributed by atoms with Crippen LogP contribution < -0.4 is 0 Å². The third-order valence-electron chi connectivity index (χ3n) is 12.5. The molecule has 0 radical (unpaired) electrons. The Morgan fingerprint density at radius 3 is 1.27 bits per heavy atom. The summed E-state index contributed by atoms with van der Waals surface area (Å²) in [5, 5.41) is 31.5. The fourth-order valence-corrected chi connectivity index (χ4v) is 8.03. The van der Waals surface area contributed by atoms with E-state index in [-0.39, 0.29) is 25.9 Å². The van der Waals surface area contributed by atoms with Gasteiger partial charge in [-0.2, -0.15) is 0 Å². The first-order valence-electron chi connectivity index (χ1n) is 29.5. The van der Waals surface area contributed by atoms with E-state index in [9.17, 15) is 34.5 Å². The van der Waals surface area contributed by atoms with E-state index >= 15 is 0 Å². The van der Waals surface area contributed by atoms with Gasteiger partial charge in [0, 0.05) is 19.3 Å². The quantitative estimate of drug-likeness (QED) is 0.0228. The van der Waals surface area contributed by atoms with Crippen LogP contribution in [0, 0.1) is 0 Å². The number of unbranched alkanes of at least 4 members (excludes halogenated alkanes) is 14. The summed E-state index contributed by atoms with van der Waals surface area (Å²) in [7, 11) is 0. The van der Waals surface area contributed by atoms with E-state index in [2.05, 4.69) is 142 Å². The van der Waals surface area contributed by atoms with E-state index in [1.807, 2.05) is 0 Å². The SMILES string of the molecule is CC/C=C\C/C=C\C/C=C\C/C=C\CCCCCCCCC(=O)OC1C(OCC(COC(=O)CCCC/C=C\C/C=C\C/C=C\C/C=C\CC)OC(=O)CCCCCCC/C=C\C/C=C\CCC)OC(C(=O)O)C(O)C1O. The Kier molecular flexibility index (Phi) is 47.2. The van der Waals surface area contributed by atoms with Gasteiger partial charge >= 0.3 is 23.9 Å². The molecule has 12 heteroatoms. The van der Waals surface area contributed by atoms with Gasteiger partial charge in [-0.05, 0) is 122 Å². The standard InChI is InChI=1S/C65H102O12/c1-4-7-10-13-16-19-22-25-27-28-29-30-32-35-38-41-44-47-50-53-59(68)76-63-61(70)60(69)62(64(71)72)77-65(63)74-55-56(75-58(67)52-49-46-43-40-37-33-24-21-18-15-12-9-6-3)54-73-57(66)51-48-45-42-39-36-34-31-26-23-20-17-14-11-8-5-2/h7-8,10-12,15-17,19-21,24-27,29-31,36,39,56,60-63,65,69-70H,4-6,9,13-14,18,22-23,28,32-35,37-38,40-55H2,1-3H3,(H,71,72)/b10-7-,11-8-,15-12-,19-16-,20-17-,24-21-,27-25-,30-29-,31-26-,39-36-. The van der Waals surface area contributed by atoms with Crippen LogP contribution in [-0.4, -0.2) is 89.2 Å². The summed E-state index contributed by atoms with van der Waals surface area (Å²) in [4.78, 5) is 51.1. The predicted molar refractivity (Wildman–Crippen MR) is 312 cm³/mol. The maximum absolute atomic E-state index is 13.1. The Labute approximate surface area is 465 Å². The van der Waals surface area contributed by atoms with E-state index in [0.717, 1.165) is 154 Å². The molecule has 1 aliphatic rings. The summed E-state index contributed by atoms with van der Waals surface area (Å²) in [6.07, 6.45) is 58.8. The van der Waals surface area contributed by atoms with Crippen LogP contribution in [0.2, 0.25) is 0 Å². The Morgan fingerprint density at radius 2 is 0.818 bits per heavy atom. The second kappa shape index (κ2) is 51.9. The van der Waals surface area contributed by atoms with Crippen molar-refractivity contribution in [3.05, 3.63) is 122 Å². The fourth-order valence-electron chi connectivity index (χ4n) is 8.03. The number of aliphatic hydroxyl groups is 2. The molecule has 3 N–H and O–H groups in total. The van der Waals surface area contributed by atoms with E-state index in [1.54, 1.807) is 0 Å². The molecule has 12 nitrogen and oxygen atoms in total. The zero-order valence-electron chi connectivity index (χ0n) is 47.7. The molecule has 6 unspecified atom stereocenters. The number of rotatable bonds is 48. The second-order valence-electron chi connectivity index (χ2n) is 19.5. The molecular formula is C65H102O12. The van der Waals surface area contributed by atoms with Crippen LogP contribution in [0.5, 0.6) is 0 Å². The summed E-state index contributed by atoms with van der Waals surface area (Å²) < 4.78 is 28.4. The Bertz CT molecular complexity index is 1800. The van der Waals surface area contributed by atoms with Crippen molar-refractivity contribution >= 4 is 23.9 Å². The molecule has 1 aliphatic heterocycles. The lowest BCUT2D eigenvalue weighted by Crippen LogP contribution is -2.61. The molecule has 0 amide bonds. The van der Waals surface area contributed by atoms with Crippen LogP contribution in [0.4, 0.5) is 0 Å². The van der Waals surface area contributed by atoms with Gasteiger partial charge in [-0.1, -0.05) is 194 Å². The average molecular weight is 1080 g/mol. The van der Waals surface area contributed by atoms with Crippen molar-refractivity contribution in [1.29, 1.82) is 0 Å². The summed E-state index contributed by atoms with van der Waals surface area (Å²) in [6, 6.07) is 0. The molecule has 1 saturated heterocycles. The first-order valence-corrected chi connectivity index (χ1v) is 29.5. The molecule has 0 aromatic carbocycles. The smallest absolute Gasteiger partial charge is 0.335 e. The number of hydrogen-bond acceptors (Lipinski definition) is 11. The van der Waals surface area contributed by atoms with Crippen LogP contribution >= 0.6 is 0 Å². The topological polar surface area (TPSA) is 175 Å². The minimum absolute atomic E-state index is 0.0318. The highest BCUT2D eigenvalue weighted by Gasteiger charge is 2.50. The Hall–Kier alpha value is -4.88. The lowest BCUT2D eigenvalue weighted by atomic mass is 9.98. The van der Waals surface area contributed by atoms with Gasteiger partial charge in [0.2, 0.25) is 0 Å². The van der Waals surface area contributed by atoms with Gasteiger partial charge in [0.05, 0.1) is 6.61 Å². The van der Waals surface area contributed by atoms with Crippen molar-refractivity contribution in [3.63, 3.8) is 0 Å². The van der Waals surface area contributed by atoms with Gasteiger partial charge < -0.3 is 39.0 Å². The molecule has 77 heavy (non-hydrogen) atoms. The lowest BCUT2D eigenvalue weighted by molar-refractivity contribution is -0.301. The van der Waals surface area contributed by atoms with E-state index in [1.165, 1.54) is 0 Å².